The fraction of sp³-hybridized carbons (Fsp3) is 0.857. The van der Waals surface area contributed by atoms with E-state index in [0.717, 1.165) is 6.42 Å². The zero-order valence-electron chi connectivity index (χ0n) is 7.24. The van der Waals surface area contributed by atoms with Gasteiger partial charge in [-0.1, -0.05) is 32.6 Å². The predicted molar refractivity (Wildman–Crippen MR) is 45.0 cm³/mol. The molecule has 72 valence electrons. The van der Waals surface area contributed by atoms with Crippen molar-refractivity contribution in [3.05, 3.63) is 6.92 Å². The molecule has 0 aromatic rings. The van der Waals surface area contributed by atoms with Gasteiger partial charge in [0.2, 0.25) is 0 Å². The van der Waals surface area contributed by atoms with E-state index in [1.54, 1.807) is 0 Å². The molecular weight excluding hydrogens is 311 g/mol. The Morgan fingerprint density at radius 1 is 0.909 bits per heavy atom. The molecule has 4 heteroatoms. The van der Waals surface area contributed by atoms with Gasteiger partial charge >= 0.3 is 0 Å². The van der Waals surface area contributed by atoms with Crippen molar-refractivity contribution in [2.24, 2.45) is 0 Å². The Morgan fingerprint density at radius 2 is 1.36 bits per heavy atom. The molecule has 3 nitrogen and oxygen atoms in total. The summed E-state index contributed by atoms with van der Waals surface area (Å²) in [5, 5.41) is 0. The predicted octanol–water partition coefficient (Wildman–Crippen LogP) is 0.314. The third-order valence-electron chi connectivity index (χ3n) is 1.10. The van der Waals surface area contributed by atoms with Gasteiger partial charge in [0.15, 0.2) is 0 Å². The van der Waals surface area contributed by atoms with E-state index >= 15 is 0 Å². The summed E-state index contributed by atoms with van der Waals surface area (Å²) in [5.41, 5.74) is 0. The summed E-state index contributed by atoms with van der Waals surface area (Å²) in [5.74, 6) is 0. The van der Waals surface area contributed by atoms with Gasteiger partial charge in [-0.15, -0.1) is 0 Å². The molecule has 11 heavy (non-hydrogen) atoms. The fourth-order valence-corrected chi connectivity index (χ4v) is 0.604. The minimum atomic E-state index is 0. The van der Waals surface area contributed by atoms with E-state index in [4.69, 9.17) is 0 Å². The van der Waals surface area contributed by atoms with Crippen molar-refractivity contribution in [3.63, 3.8) is 0 Å². The first-order valence-corrected chi connectivity index (χ1v) is 3.21. The summed E-state index contributed by atoms with van der Waals surface area (Å²) < 4.78 is 0. The zero-order chi connectivity index (χ0) is 5.54. The topological polar surface area (TPSA) is 94.5 Å². The number of hydrogen-bond donors (Lipinski definition) is 0. The minimum Gasteiger partial charge on any atom is -0.412 e. The Bertz CT molecular complexity index is 32.9. The molecule has 0 unspecified atom stereocenters. The van der Waals surface area contributed by atoms with Gasteiger partial charge in [0.25, 0.3) is 0 Å². The summed E-state index contributed by atoms with van der Waals surface area (Å²) >= 11 is 0. The van der Waals surface area contributed by atoms with Crippen molar-refractivity contribution in [3.8, 4) is 0 Å². The van der Waals surface area contributed by atoms with Crippen molar-refractivity contribution in [2.45, 2.75) is 39.0 Å². The summed E-state index contributed by atoms with van der Waals surface area (Å²) in [7, 11) is 0. The second kappa shape index (κ2) is 30.9. The average molecular weight is 332 g/mol. The smallest absolute Gasteiger partial charge is 0 e. The Labute approximate surface area is 88.3 Å². The third kappa shape index (κ3) is 36.5. The Morgan fingerprint density at radius 3 is 1.64 bits per heavy atom. The van der Waals surface area contributed by atoms with Crippen LogP contribution in [0.2, 0.25) is 0 Å². The Hall–Kier alpha value is 0.750. The Kier molecular flexibility index (Phi) is 83.7. The van der Waals surface area contributed by atoms with Gasteiger partial charge in [0.05, 0.1) is 0 Å². The monoisotopic (exact) mass is 333 g/mol. The number of hydrogen-bond acceptors (Lipinski definition) is 0. The first-order valence-electron chi connectivity index (χ1n) is 3.21. The van der Waals surface area contributed by atoms with E-state index in [1.165, 1.54) is 25.7 Å². The third-order valence-corrected chi connectivity index (χ3v) is 1.10. The van der Waals surface area contributed by atoms with Crippen molar-refractivity contribution < 1.29 is 42.3 Å². The van der Waals surface area contributed by atoms with Crippen LogP contribution < -0.4 is 0 Å². The molecule has 0 aliphatic carbocycles. The second-order valence-electron chi connectivity index (χ2n) is 1.91. The quantitative estimate of drug-likeness (QED) is 0.403. The van der Waals surface area contributed by atoms with E-state index < -0.39 is 0 Å². The number of rotatable bonds is 4. The molecular formula is C7H21HfO3-. The molecule has 0 heterocycles. The van der Waals surface area contributed by atoms with Crippen LogP contribution in [0.1, 0.15) is 39.0 Å². The van der Waals surface area contributed by atoms with Gasteiger partial charge in [-0.2, -0.15) is 6.42 Å². The molecule has 0 atom stereocenters. The summed E-state index contributed by atoms with van der Waals surface area (Å²) in [6.45, 7) is 5.98. The van der Waals surface area contributed by atoms with Crippen LogP contribution in [0.3, 0.4) is 0 Å². The van der Waals surface area contributed by atoms with Gasteiger partial charge in [-0.25, -0.2) is 0 Å². The van der Waals surface area contributed by atoms with Crippen LogP contribution in [0, 0.1) is 6.92 Å². The van der Waals surface area contributed by atoms with Crippen LogP contribution in [0.5, 0.6) is 0 Å². The van der Waals surface area contributed by atoms with Gasteiger partial charge < -0.3 is 23.4 Å². The molecule has 0 aromatic carbocycles. The second-order valence-corrected chi connectivity index (χ2v) is 1.91. The van der Waals surface area contributed by atoms with E-state index in [9.17, 15) is 0 Å². The van der Waals surface area contributed by atoms with Gasteiger partial charge in [0, 0.05) is 25.8 Å². The van der Waals surface area contributed by atoms with Crippen LogP contribution in [0.4, 0.5) is 0 Å². The van der Waals surface area contributed by atoms with Crippen LogP contribution in [-0.2, 0) is 25.8 Å². The van der Waals surface area contributed by atoms with Crippen LogP contribution in [0.15, 0.2) is 0 Å². The molecule has 0 amide bonds. The maximum absolute atomic E-state index is 3.76. The maximum Gasteiger partial charge on any atom is 0 e. The van der Waals surface area contributed by atoms with Crippen molar-refractivity contribution in [1.82, 2.24) is 0 Å². The normalized spacial score (nSPS) is 6.00. The van der Waals surface area contributed by atoms with Crippen molar-refractivity contribution >= 4 is 0 Å². The van der Waals surface area contributed by atoms with Crippen LogP contribution in [0.25, 0.3) is 0 Å². The van der Waals surface area contributed by atoms with Gasteiger partial charge in [0.1, 0.15) is 0 Å². The van der Waals surface area contributed by atoms with Crippen molar-refractivity contribution in [1.29, 1.82) is 0 Å². The molecule has 6 N–H and O–H groups in total. The molecule has 0 rings (SSSR count). The standard InChI is InChI=1S/C7H15.Hf.3H2O/c1-3-5-7-6-4-2;;;;/h1,3-7H2,2H3;;3*1H2/q-1;;;;. The molecule has 0 radical (unpaired) electrons. The molecule has 0 saturated carbocycles. The van der Waals surface area contributed by atoms with Crippen LogP contribution in [-0.4, -0.2) is 16.4 Å². The van der Waals surface area contributed by atoms with E-state index in [2.05, 4.69) is 13.8 Å². The van der Waals surface area contributed by atoms with E-state index in [-0.39, 0.29) is 42.3 Å². The molecule has 0 spiro atoms. The molecule has 0 aromatic heterocycles. The molecule has 0 aliphatic heterocycles. The number of unbranched alkanes of at least 4 members (excludes halogenated alkanes) is 4. The molecule has 0 bridgehead atoms. The summed E-state index contributed by atoms with van der Waals surface area (Å²) in [6, 6.07) is 0. The van der Waals surface area contributed by atoms with Gasteiger partial charge in [-0.3, -0.25) is 0 Å². The van der Waals surface area contributed by atoms with Crippen molar-refractivity contribution in [2.75, 3.05) is 0 Å². The van der Waals surface area contributed by atoms with E-state index in [0.29, 0.717) is 0 Å². The summed E-state index contributed by atoms with van der Waals surface area (Å²) in [6.07, 6.45) is 6.52. The first-order chi connectivity index (χ1) is 3.41. The summed E-state index contributed by atoms with van der Waals surface area (Å²) in [4.78, 5) is 0. The zero-order valence-corrected chi connectivity index (χ0v) is 10.8. The van der Waals surface area contributed by atoms with Crippen LogP contribution >= 0.6 is 0 Å². The van der Waals surface area contributed by atoms with Gasteiger partial charge in [-0.05, 0) is 0 Å². The SMILES string of the molecule is O.O.O.[CH2-]CCCCCC.[Hf]. The first kappa shape index (κ1) is 29.8. The maximum atomic E-state index is 3.76. The fourth-order valence-electron chi connectivity index (χ4n) is 0.604. The molecule has 0 fully saturated rings. The molecule has 0 saturated heterocycles. The minimum absolute atomic E-state index is 0. The molecule has 0 aliphatic rings. The largest absolute Gasteiger partial charge is 0.412 e. The van der Waals surface area contributed by atoms with E-state index in [1.807, 2.05) is 0 Å². The average Bonchev–Trinajstić information content (AvgIpc) is 1.69. The Balaban J connectivity index is -0.0000000300.